The Hall–Kier alpha value is -2.61. The van der Waals surface area contributed by atoms with E-state index in [1.165, 1.54) is 22.1 Å². The van der Waals surface area contributed by atoms with Crippen molar-refractivity contribution in [2.45, 2.75) is 42.2 Å². The second kappa shape index (κ2) is 7.51. The first-order chi connectivity index (χ1) is 15.0. The molecule has 3 aliphatic rings. The Balaban J connectivity index is 1.73. The minimum Gasteiger partial charge on any atom is -0.382 e. The maximum Gasteiger partial charge on any atom is 0.253 e. The fourth-order valence-corrected chi connectivity index (χ4v) is 5.95. The molecule has 5 rings (SSSR count). The topological polar surface area (TPSA) is 64.1 Å². The molecule has 2 aromatic rings. The van der Waals surface area contributed by atoms with Crippen LogP contribution in [0, 0.1) is 0 Å². The predicted molar refractivity (Wildman–Crippen MR) is 119 cm³/mol. The van der Waals surface area contributed by atoms with Crippen LogP contribution in [0.5, 0.6) is 0 Å². The lowest BCUT2D eigenvalue weighted by Crippen LogP contribution is -2.75. The predicted octanol–water partition coefficient (Wildman–Crippen LogP) is 2.94. The molecule has 6 nitrogen and oxygen atoms in total. The number of carbonyl (C=O) groups is 2. The number of hydrogen-bond acceptors (Lipinski definition) is 6. The summed E-state index contributed by atoms with van der Waals surface area (Å²) in [5, 5.41) is 14.8. The molecular formula is C24H25N3O3S. The molecule has 0 radical (unpaired) electrons. The van der Waals surface area contributed by atoms with E-state index in [4.69, 9.17) is 0 Å². The van der Waals surface area contributed by atoms with E-state index < -0.39 is 17.4 Å². The average molecular weight is 436 g/mol. The lowest BCUT2D eigenvalue weighted by molar-refractivity contribution is -0.207. The van der Waals surface area contributed by atoms with Crippen molar-refractivity contribution in [1.82, 2.24) is 14.9 Å². The van der Waals surface area contributed by atoms with Gasteiger partial charge in [0, 0.05) is 29.5 Å². The van der Waals surface area contributed by atoms with Gasteiger partial charge in [-0.3, -0.25) is 14.6 Å². The Kier molecular flexibility index (Phi) is 4.92. The molecule has 3 aliphatic heterocycles. The molecule has 7 heteroatoms. The van der Waals surface area contributed by atoms with Gasteiger partial charge < -0.3 is 10.0 Å². The van der Waals surface area contributed by atoms with Crippen LogP contribution >= 0.6 is 11.8 Å². The quantitative estimate of drug-likeness (QED) is 0.783. The molecule has 0 aromatic heterocycles. The Morgan fingerprint density at radius 2 is 1.81 bits per heavy atom. The number of fused-ring (bicyclic) bond motifs is 3. The van der Waals surface area contributed by atoms with Crippen LogP contribution in [0.25, 0.3) is 0 Å². The van der Waals surface area contributed by atoms with E-state index in [1.807, 2.05) is 36.9 Å². The van der Waals surface area contributed by atoms with Crippen molar-refractivity contribution in [1.29, 1.82) is 0 Å². The van der Waals surface area contributed by atoms with Crippen LogP contribution in [-0.2, 0) is 15.3 Å². The number of nitrogens with zero attached hydrogens (tertiary/aromatic N) is 3. The zero-order chi connectivity index (χ0) is 21.8. The fourth-order valence-electron chi connectivity index (χ4n) is 4.85. The van der Waals surface area contributed by atoms with Crippen LogP contribution < -0.4 is 0 Å². The van der Waals surface area contributed by atoms with Crippen molar-refractivity contribution < 1.29 is 14.7 Å². The summed E-state index contributed by atoms with van der Waals surface area (Å²) < 4.78 is 0. The molecule has 1 saturated heterocycles. The highest BCUT2D eigenvalue weighted by Gasteiger charge is 2.57. The summed E-state index contributed by atoms with van der Waals surface area (Å²) in [5.41, 5.74) is 2.19. The number of hydrogen-bond donors (Lipinski definition) is 1. The summed E-state index contributed by atoms with van der Waals surface area (Å²) in [5.74, 6) is 0.186. The zero-order valence-corrected chi connectivity index (χ0v) is 18.4. The number of rotatable bonds is 2. The molecule has 1 fully saturated rings. The van der Waals surface area contributed by atoms with Gasteiger partial charge in [-0.1, -0.05) is 42.5 Å². The Morgan fingerprint density at radius 3 is 2.58 bits per heavy atom. The maximum absolute atomic E-state index is 13.4. The van der Waals surface area contributed by atoms with Crippen LogP contribution in [0.2, 0.25) is 0 Å². The highest BCUT2D eigenvalue weighted by atomic mass is 32.2. The number of likely N-dealkylation sites (N-methyl/N-ethyl adjacent to an activating group) is 1. The van der Waals surface area contributed by atoms with Gasteiger partial charge in [-0.05, 0) is 36.6 Å². The minimum absolute atomic E-state index is 0.158. The number of hydrazine groups is 1. The van der Waals surface area contributed by atoms with E-state index in [0.29, 0.717) is 13.2 Å². The average Bonchev–Trinajstić information content (AvgIpc) is 2.95. The Labute approximate surface area is 186 Å². The van der Waals surface area contributed by atoms with Gasteiger partial charge in [-0.25, -0.2) is 0 Å². The summed E-state index contributed by atoms with van der Waals surface area (Å²) >= 11 is 1.81. The summed E-state index contributed by atoms with van der Waals surface area (Å²) in [6.07, 6.45) is 1.60. The fraction of sp³-hybridized carbons (Fsp3) is 0.333. The van der Waals surface area contributed by atoms with Crippen molar-refractivity contribution in [3.63, 3.8) is 0 Å². The number of benzene rings is 2. The highest BCUT2D eigenvalue weighted by Crippen LogP contribution is 2.46. The van der Waals surface area contributed by atoms with Crippen LogP contribution in [-0.4, -0.2) is 56.6 Å². The first-order valence-electron chi connectivity index (χ1n) is 10.5. The third-order valence-corrected chi connectivity index (χ3v) is 7.73. The smallest absolute Gasteiger partial charge is 0.253 e. The Morgan fingerprint density at radius 1 is 1.10 bits per heavy atom. The summed E-state index contributed by atoms with van der Waals surface area (Å²) in [4.78, 5) is 28.7. The number of thioether (sulfide) groups is 1. The van der Waals surface area contributed by atoms with Crippen molar-refractivity contribution in [3.8, 4) is 0 Å². The van der Waals surface area contributed by atoms with Crippen molar-refractivity contribution in [2.75, 3.05) is 13.2 Å². The third kappa shape index (κ3) is 2.95. The minimum atomic E-state index is -1.42. The standard InChI is InChI=1S/C24H25N3O3S/c1-3-25-15-26(27-13-12-19(28)22(29)24(27,2)23(25)30)21-17-9-5-4-8-16(17)14-31-20-11-7-6-10-18(20)21/h4-13,21-22,29H,3,14-15H2,1-2H3. The first-order valence-corrected chi connectivity index (χ1v) is 11.5. The largest absolute Gasteiger partial charge is 0.382 e. The Bertz CT molecular complexity index is 1040. The van der Waals surface area contributed by atoms with Crippen molar-refractivity contribution in [2.24, 2.45) is 0 Å². The molecule has 3 atom stereocenters. The number of ketones is 1. The molecule has 0 aliphatic carbocycles. The lowest BCUT2D eigenvalue weighted by Gasteiger charge is -2.57. The van der Waals surface area contributed by atoms with Crippen LogP contribution in [0.4, 0.5) is 0 Å². The van der Waals surface area contributed by atoms with Gasteiger partial charge in [0.1, 0.15) is 6.10 Å². The molecule has 3 heterocycles. The molecule has 160 valence electrons. The lowest BCUT2D eigenvalue weighted by atomic mass is 9.85. The number of aliphatic hydroxyl groups excluding tert-OH is 1. The summed E-state index contributed by atoms with van der Waals surface area (Å²) in [7, 11) is 0. The number of aliphatic hydroxyl groups is 1. The van der Waals surface area contributed by atoms with Gasteiger partial charge in [-0.15, -0.1) is 11.8 Å². The SMILES string of the molecule is CCN1CN(C2c3ccccc3CSc3ccccc32)N2C=CC(=O)C(O)C2(C)C1=O. The van der Waals surface area contributed by atoms with E-state index in [-0.39, 0.29) is 11.9 Å². The molecule has 3 unspecified atom stereocenters. The van der Waals surface area contributed by atoms with Gasteiger partial charge in [0.2, 0.25) is 0 Å². The normalized spacial score (nSPS) is 28.1. The van der Waals surface area contributed by atoms with Gasteiger partial charge in [0.15, 0.2) is 11.3 Å². The molecule has 2 aromatic carbocycles. The molecule has 0 saturated carbocycles. The molecule has 1 amide bonds. The van der Waals surface area contributed by atoms with Crippen molar-refractivity contribution >= 4 is 23.5 Å². The summed E-state index contributed by atoms with van der Waals surface area (Å²) in [6, 6.07) is 16.6. The van der Waals surface area contributed by atoms with Crippen molar-refractivity contribution in [3.05, 3.63) is 77.5 Å². The molecule has 31 heavy (non-hydrogen) atoms. The molecular weight excluding hydrogens is 410 g/mol. The van der Waals surface area contributed by atoms with Crippen LogP contribution in [0.1, 0.15) is 36.6 Å². The van der Waals surface area contributed by atoms with Crippen LogP contribution in [0.3, 0.4) is 0 Å². The van der Waals surface area contributed by atoms with E-state index in [2.05, 4.69) is 35.3 Å². The van der Waals surface area contributed by atoms with Gasteiger partial charge in [0.05, 0.1) is 12.7 Å². The van der Waals surface area contributed by atoms with E-state index >= 15 is 0 Å². The third-order valence-electron chi connectivity index (χ3n) is 6.60. The molecule has 1 N–H and O–H groups in total. The van der Waals surface area contributed by atoms with Gasteiger partial charge in [0.25, 0.3) is 5.91 Å². The number of carbonyl (C=O) groups excluding carboxylic acids is 2. The van der Waals surface area contributed by atoms with Gasteiger partial charge >= 0.3 is 0 Å². The molecule has 0 spiro atoms. The van der Waals surface area contributed by atoms with Gasteiger partial charge in [-0.2, -0.15) is 5.01 Å². The summed E-state index contributed by atoms with van der Waals surface area (Å²) in [6.45, 7) is 4.45. The number of amides is 1. The van der Waals surface area contributed by atoms with E-state index in [0.717, 1.165) is 11.3 Å². The molecule has 0 bridgehead atoms. The highest BCUT2D eigenvalue weighted by molar-refractivity contribution is 7.98. The maximum atomic E-state index is 13.4. The monoisotopic (exact) mass is 435 g/mol. The van der Waals surface area contributed by atoms with Crippen LogP contribution in [0.15, 0.2) is 65.7 Å². The first kappa shape index (κ1) is 20.3. The second-order valence-corrected chi connectivity index (χ2v) is 9.30. The second-order valence-electron chi connectivity index (χ2n) is 8.28. The zero-order valence-electron chi connectivity index (χ0n) is 17.6. The van der Waals surface area contributed by atoms with E-state index in [1.54, 1.807) is 23.0 Å². The van der Waals surface area contributed by atoms with E-state index in [9.17, 15) is 14.7 Å².